The van der Waals surface area contributed by atoms with Crippen LogP contribution in [0, 0.1) is 33.5 Å². The minimum absolute atomic E-state index is 0.0970. The molecule has 2 aliphatic rings. The maximum atomic E-state index is 10.2. The number of nitriles is 2. The lowest BCUT2D eigenvalue weighted by Gasteiger charge is -2.34. The lowest BCUT2D eigenvalue weighted by atomic mass is 9.84. The van der Waals surface area contributed by atoms with Crippen molar-refractivity contribution in [3.05, 3.63) is 35.9 Å². The van der Waals surface area contributed by atoms with Gasteiger partial charge < -0.3 is 15.2 Å². The fraction of sp³-hybridized carbons (Fsp3) is 0.500. The van der Waals surface area contributed by atoms with Crippen molar-refractivity contribution in [3.8, 4) is 12.1 Å². The summed E-state index contributed by atoms with van der Waals surface area (Å²) in [5, 5.41) is 20.2. The van der Waals surface area contributed by atoms with Crippen LogP contribution in [0.1, 0.15) is 26.3 Å². The second-order valence-electron chi connectivity index (χ2n) is 6.16. The third-order valence-corrected chi connectivity index (χ3v) is 5.49. The summed E-state index contributed by atoms with van der Waals surface area (Å²) in [6, 6.07) is 14.0. The molecule has 6 nitrogen and oxygen atoms in total. The normalized spacial score (nSPS) is 35.5. The van der Waals surface area contributed by atoms with E-state index < -0.39 is 22.2 Å². The number of rotatable bonds is 5. The Bertz CT molecular complexity index is 772. The predicted molar refractivity (Wildman–Crippen MR) is 87.5 cm³/mol. The van der Waals surface area contributed by atoms with E-state index in [1.54, 1.807) is 13.8 Å². The highest BCUT2D eigenvalue weighted by molar-refractivity contribution is 6.02. The van der Waals surface area contributed by atoms with Gasteiger partial charge in [-0.3, -0.25) is 0 Å². The van der Waals surface area contributed by atoms with Crippen LogP contribution in [-0.4, -0.2) is 25.0 Å². The van der Waals surface area contributed by atoms with Crippen LogP contribution in [0.5, 0.6) is 0 Å². The van der Waals surface area contributed by atoms with Crippen molar-refractivity contribution in [3.63, 3.8) is 0 Å². The van der Waals surface area contributed by atoms with Gasteiger partial charge in [0, 0.05) is 18.6 Å². The lowest BCUT2D eigenvalue weighted by Crippen LogP contribution is -2.46. The fourth-order valence-electron chi connectivity index (χ4n) is 4.48. The molecule has 1 aliphatic heterocycles. The maximum absolute atomic E-state index is 10.2. The summed E-state index contributed by atoms with van der Waals surface area (Å²) >= 11 is 0. The van der Waals surface area contributed by atoms with Crippen LogP contribution < -0.4 is 5.73 Å². The highest BCUT2D eigenvalue weighted by Gasteiger charge is 2.99. The molecular weight excluding hydrogens is 304 g/mol. The highest BCUT2D eigenvalue weighted by atomic mass is 16.7. The van der Waals surface area contributed by atoms with Gasteiger partial charge in [0.05, 0.1) is 12.1 Å². The number of ether oxygens (including phenoxy) is 2. The molecule has 0 radical (unpaired) electrons. The lowest BCUT2D eigenvalue weighted by molar-refractivity contribution is -0.257. The van der Waals surface area contributed by atoms with Crippen LogP contribution >= 0.6 is 0 Å². The number of amidine groups is 1. The van der Waals surface area contributed by atoms with Crippen LogP contribution in [0.15, 0.2) is 35.3 Å². The first-order valence-electron chi connectivity index (χ1n) is 7.99. The van der Waals surface area contributed by atoms with Crippen molar-refractivity contribution >= 4 is 5.84 Å². The fourth-order valence-corrected chi connectivity index (χ4v) is 4.48. The summed E-state index contributed by atoms with van der Waals surface area (Å²) in [6.45, 7) is 6.03. The third kappa shape index (κ3) is 1.36. The maximum Gasteiger partial charge on any atom is 0.293 e. The molecule has 0 saturated heterocycles. The molecule has 1 aliphatic carbocycles. The summed E-state index contributed by atoms with van der Waals surface area (Å²) < 4.78 is 11.7. The zero-order valence-corrected chi connectivity index (χ0v) is 14.0. The Labute approximate surface area is 141 Å². The van der Waals surface area contributed by atoms with Crippen molar-refractivity contribution in [1.82, 2.24) is 0 Å². The molecule has 0 spiro atoms. The molecular formula is C18H20N4O2. The van der Waals surface area contributed by atoms with E-state index in [9.17, 15) is 10.5 Å². The molecule has 6 heteroatoms. The van der Waals surface area contributed by atoms with E-state index in [-0.39, 0.29) is 19.0 Å². The van der Waals surface area contributed by atoms with E-state index in [4.69, 9.17) is 15.2 Å². The average Bonchev–Trinajstić information content (AvgIpc) is 3.02. The van der Waals surface area contributed by atoms with Gasteiger partial charge in [0.25, 0.3) is 5.91 Å². The van der Waals surface area contributed by atoms with Crippen molar-refractivity contribution in [2.75, 3.05) is 13.2 Å². The van der Waals surface area contributed by atoms with Crippen molar-refractivity contribution in [2.45, 2.75) is 32.1 Å². The predicted octanol–water partition coefficient (Wildman–Crippen LogP) is 2.08. The van der Waals surface area contributed by atoms with Crippen LogP contribution in [-0.2, 0) is 14.9 Å². The van der Waals surface area contributed by atoms with Crippen molar-refractivity contribution < 1.29 is 9.47 Å². The average molecular weight is 324 g/mol. The summed E-state index contributed by atoms with van der Waals surface area (Å²) in [4.78, 5) is 4.34. The molecule has 24 heavy (non-hydrogen) atoms. The van der Waals surface area contributed by atoms with Gasteiger partial charge in [-0.2, -0.15) is 10.5 Å². The zero-order valence-electron chi connectivity index (χ0n) is 14.0. The van der Waals surface area contributed by atoms with Gasteiger partial charge in [-0.05, 0) is 19.4 Å². The summed E-state index contributed by atoms with van der Waals surface area (Å²) in [5.74, 6) is -1.48. The van der Waals surface area contributed by atoms with Crippen molar-refractivity contribution in [2.24, 2.45) is 21.6 Å². The summed E-state index contributed by atoms with van der Waals surface area (Å²) in [5.41, 5.74) is 3.55. The minimum Gasteiger partial charge on any atom is -0.386 e. The van der Waals surface area contributed by atoms with E-state index in [0.29, 0.717) is 0 Å². The number of nitrogens with two attached hydrogens (primary N) is 1. The zero-order chi connectivity index (χ0) is 17.6. The Morgan fingerprint density at radius 2 is 1.67 bits per heavy atom. The minimum atomic E-state index is -1.57. The first-order valence-corrected chi connectivity index (χ1v) is 7.99. The quantitative estimate of drug-likeness (QED) is 0.835. The second-order valence-corrected chi connectivity index (χ2v) is 6.16. The first-order chi connectivity index (χ1) is 11.5. The van der Waals surface area contributed by atoms with Gasteiger partial charge >= 0.3 is 0 Å². The van der Waals surface area contributed by atoms with Gasteiger partial charge in [0.1, 0.15) is 5.84 Å². The molecule has 1 aromatic rings. The Kier molecular flexibility index (Phi) is 3.46. The Hall–Kier alpha value is -2.41. The van der Waals surface area contributed by atoms with E-state index in [0.717, 1.165) is 5.56 Å². The third-order valence-electron chi connectivity index (χ3n) is 5.49. The molecule has 0 bridgehead atoms. The van der Waals surface area contributed by atoms with Gasteiger partial charge in [-0.25, -0.2) is 4.99 Å². The SMILES string of the molecule is CCOC1(OCC)N=C(N)[C@@]2(C#N)[C@](C)(c3ccccc3)[C@@]12C#N. The Balaban J connectivity index is 2.31. The monoisotopic (exact) mass is 324 g/mol. The van der Waals surface area contributed by atoms with Gasteiger partial charge in [0.15, 0.2) is 10.8 Å². The largest absolute Gasteiger partial charge is 0.386 e. The topological polar surface area (TPSA) is 104 Å². The van der Waals surface area contributed by atoms with Crippen LogP contribution in [0.25, 0.3) is 0 Å². The molecule has 3 atom stereocenters. The van der Waals surface area contributed by atoms with Crippen molar-refractivity contribution in [1.29, 1.82) is 10.5 Å². The molecule has 1 fully saturated rings. The number of fused-ring (bicyclic) bond motifs is 1. The Morgan fingerprint density at radius 1 is 1.08 bits per heavy atom. The van der Waals surface area contributed by atoms with Crippen LogP contribution in [0.4, 0.5) is 0 Å². The van der Waals surface area contributed by atoms with Crippen LogP contribution in [0.2, 0.25) is 0 Å². The number of nitrogens with zero attached hydrogens (tertiary/aromatic N) is 3. The number of benzene rings is 1. The van der Waals surface area contributed by atoms with E-state index >= 15 is 0 Å². The highest BCUT2D eigenvalue weighted by Crippen LogP contribution is 2.85. The molecule has 1 heterocycles. The Morgan fingerprint density at radius 3 is 2.12 bits per heavy atom. The molecule has 2 N–H and O–H groups in total. The standard InChI is InChI=1S/C18H20N4O2/c1-4-23-18(24-5-2)17(12-20)15(3,13-9-7-6-8-10-13)16(17,11-19)14(21)22-18/h6-10H,4-5H2,1-3H3,(H2,21,22)/t15-,16-,17+/m0/s1. The second kappa shape index (κ2) is 5.04. The molecule has 1 saturated carbocycles. The summed E-state index contributed by atoms with van der Waals surface area (Å²) in [7, 11) is 0. The molecule has 0 unspecified atom stereocenters. The van der Waals surface area contributed by atoms with Gasteiger partial charge in [-0.15, -0.1) is 0 Å². The molecule has 1 aromatic carbocycles. The molecule has 124 valence electrons. The molecule has 0 amide bonds. The molecule has 0 aromatic heterocycles. The number of aliphatic imine (C=N–C) groups is 1. The summed E-state index contributed by atoms with van der Waals surface area (Å²) in [6.07, 6.45) is 0. The number of hydrogen-bond acceptors (Lipinski definition) is 6. The number of hydrogen-bond donors (Lipinski definition) is 1. The molecule has 3 rings (SSSR count). The van der Waals surface area contributed by atoms with E-state index in [1.807, 2.05) is 37.3 Å². The van der Waals surface area contributed by atoms with E-state index in [2.05, 4.69) is 17.1 Å². The van der Waals surface area contributed by atoms with Gasteiger partial charge in [0.2, 0.25) is 0 Å². The smallest absolute Gasteiger partial charge is 0.293 e. The van der Waals surface area contributed by atoms with Gasteiger partial charge in [-0.1, -0.05) is 37.3 Å². The first kappa shape index (κ1) is 16.4. The van der Waals surface area contributed by atoms with E-state index in [1.165, 1.54) is 0 Å². The van der Waals surface area contributed by atoms with Crippen LogP contribution in [0.3, 0.4) is 0 Å².